The molecule has 168 valence electrons. The van der Waals surface area contributed by atoms with E-state index in [4.69, 9.17) is 4.74 Å². The van der Waals surface area contributed by atoms with E-state index in [2.05, 4.69) is 0 Å². The summed E-state index contributed by atoms with van der Waals surface area (Å²) in [4.78, 5) is 13.4. The van der Waals surface area contributed by atoms with Crippen LogP contribution >= 0.6 is 0 Å². The number of hydrogen-bond donors (Lipinski definition) is 0. The number of benzene rings is 2. The van der Waals surface area contributed by atoms with Crippen molar-refractivity contribution >= 4 is 15.9 Å². The molecule has 0 radical (unpaired) electrons. The van der Waals surface area contributed by atoms with E-state index < -0.39 is 32.4 Å². The van der Waals surface area contributed by atoms with Gasteiger partial charge in [0.25, 0.3) is 5.91 Å². The van der Waals surface area contributed by atoms with Gasteiger partial charge < -0.3 is 9.64 Å². The summed E-state index contributed by atoms with van der Waals surface area (Å²) in [6, 6.07) is 7.99. The van der Waals surface area contributed by atoms with Gasteiger partial charge in [-0.3, -0.25) is 4.79 Å². The van der Waals surface area contributed by atoms with E-state index in [1.54, 1.807) is 24.3 Å². The van der Waals surface area contributed by atoms with Crippen molar-refractivity contribution in [3.8, 4) is 5.75 Å². The minimum absolute atomic E-state index is 0.0699. The lowest BCUT2D eigenvalue weighted by Gasteiger charge is -2.34. The van der Waals surface area contributed by atoms with E-state index in [-0.39, 0.29) is 32.1 Å². The first-order valence-electron chi connectivity index (χ1n) is 9.77. The zero-order chi connectivity index (χ0) is 22.8. The van der Waals surface area contributed by atoms with Crippen LogP contribution in [0, 0.1) is 23.4 Å². The predicted octanol–water partition coefficient (Wildman–Crippen LogP) is 3.29. The lowest BCUT2D eigenvalue weighted by Crippen LogP contribution is -2.50. The van der Waals surface area contributed by atoms with E-state index in [0.29, 0.717) is 36.0 Å². The molecule has 0 spiro atoms. The van der Waals surface area contributed by atoms with Gasteiger partial charge in [0, 0.05) is 31.7 Å². The first-order chi connectivity index (χ1) is 14.6. The Morgan fingerprint density at radius 3 is 2.35 bits per heavy atom. The fraction of sp³-hybridized carbons (Fsp3) is 0.381. The number of rotatable bonds is 6. The van der Waals surface area contributed by atoms with E-state index in [0.717, 1.165) is 4.31 Å². The Kier molecular flexibility index (Phi) is 6.90. The molecule has 3 rings (SSSR count). The monoisotopic (exact) mass is 456 g/mol. The van der Waals surface area contributed by atoms with Crippen molar-refractivity contribution in [3.05, 3.63) is 59.4 Å². The molecule has 0 bridgehead atoms. The molecule has 1 fully saturated rings. The van der Waals surface area contributed by atoms with E-state index in [9.17, 15) is 26.4 Å². The van der Waals surface area contributed by atoms with Gasteiger partial charge in [0.2, 0.25) is 10.0 Å². The minimum atomic E-state index is -4.37. The van der Waals surface area contributed by atoms with E-state index >= 15 is 0 Å². The molecular formula is C21H23F3N2O4S. The predicted molar refractivity (Wildman–Crippen MR) is 108 cm³/mol. The maximum absolute atomic E-state index is 14.0. The molecule has 0 saturated carbocycles. The quantitative estimate of drug-likeness (QED) is 0.626. The van der Waals surface area contributed by atoms with Crippen LogP contribution < -0.4 is 4.74 Å². The van der Waals surface area contributed by atoms with Crippen molar-refractivity contribution in [2.45, 2.75) is 18.7 Å². The number of ether oxygens (including phenoxy) is 1. The van der Waals surface area contributed by atoms with Crippen LogP contribution in [0.15, 0.2) is 41.3 Å². The van der Waals surface area contributed by atoms with E-state index in [1.165, 1.54) is 4.90 Å². The molecule has 0 unspecified atom stereocenters. The second-order valence-electron chi connectivity index (χ2n) is 7.60. The summed E-state index contributed by atoms with van der Waals surface area (Å²) in [5.74, 6) is -4.45. The molecule has 1 aliphatic heterocycles. The number of piperazine rings is 1. The highest BCUT2D eigenvalue weighted by atomic mass is 32.2. The Labute approximate surface area is 179 Å². The Hall–Kier alpha value is -2.59. The highest BCUT2D eigenvalue weighted by Gasteiger charge is 2.33. The summed E-state index contributed by atoms with van der Waals surface area (Å²) in [5.41, 5.74) is 0.407. The van der Waals surface area contributed by atoms with Crippen molar-refractivity contribution in [1.82, 2.24) is 9.21 Å². The van der Waals surface area contributed by atoms with Gasteiger partial charge >= 0.3 is 0 Å². The summed E-state index contributed by atoms with van der Waals surface area (Å²) in [5, 5.41) is 0. The number of hydrogen-bond acceptors (Lipinski definition) is 4. The Morgan fingerprint density at radius 2 is 1.71 bits per heavy atom. The molecule has 6 nitrogen and oxygen atoms in total. The highest BCUT2D eigenvalue weighted by molar-refractivity contribution is 7.89. The molecule has 10 heteroatoms. The Morgan fingerprint density at radius 1 is 1.03 bits per heavy atom. The van der Waals surface area contributed by atoms with Crippen LogP contribution in [0.3, 0.4) is 0 Å². The zero-order valence-electron chi connectivity index (χ0n) is 17.1. The number of sulfonamides is 1. The molecule has 2 aromatic rings. The smallest absolute Gasteiger partial charge is 0.254 e. The second-order valence-corrected chi connectivity index (χ2v) is 9.51. The number of carbonyl (C=O) groups excluding carboxylic acids is 1. The van der Waals surface area contributed by atoms with Gasteiger partial charge in [0.1, 0.15) is 10.6 Å². The SMILES string of the molecule is CC(C)COc1cccc(C(=O)N2CCN(S(=O)(=O)c3ccc(F)c(F)c3F)CC2)c1. The maximum Gasteiger partial charge on any atom is 0.254 e. The van der Waals surface area contributed by atoms with Gasteiger partial charge in [-0.25, -0.2) is 21.6 Å². The van der Waals surface area contributed by atoms with Crippen LogP contribution in [0.1, 0.15) is 24.2 Å². The molecule has 0 atom stereocenters. The van der Waals surface area contributed by atoms with E-state index in [1.807, 2.05) is 13.8 Å². The third-order valence-corrected chi connectivity index (χ3v) is 6.72. The van der Waals surface area contributed by atoms with Crippen molar-refractivity contribution in [1.29, 1.82) is 0 Å². The fourth-order valence-corrected chi connectivity index (χ4v) is 4.62. The molecular weight excluding hydrogens is 433 g/mol. The maximum atomic E-state index is 14.0. The summed E-state index contributed by atoms with van der Waals surface area (Å²) >= 11 is 0. The van der Waals surface area contributed by atoms with Gasteiger partial charge in [-0.1, -0.05) is 19.9 Å². The summed E-state index contributed by atoms with van der Waals surface area (Å²) in [6.45, 7) is 4.46. The lowest BCUT2D eigenvalue weighted by atomic mass is 10.1. The minimum Gasteiger partial charge on any atom is -0.493 e. The molecule has 1 amide bonds. The van der Waals surface area contributed by atoms with Crippen molar-refractivity contribution < 1.29 is 31.1 Å². The van der Waals surface area contributed by atoms with Crippen molar-refractivity contribution in [2.75, 3.05) is 32.8 Å². The van der Waals surface area contributed by atoms with Gasteiger partial charge in [0.15, 0.2) is 17.5 Å². The summed E-state index contributed by atoms with van der Waals surface area (Å²) in [6.07, 6.45) is 0. The molecule has 1 aliphatic rings. The molecule has 0 aliphatic carbocycles. The average molecular weight is 456 g/mol. The first-order valence-corrected chi connectivity index (χ1v) is 11.2. The zero-order valence-corrected chi connectivity index (χ0v) is 18.0. The Balaban J connectivity index is 1.69. The standard InChI is InChI=1S/C21H23F3N2O4S/c1-14(2)13-30-16-5-3-4-15(12-16)21(27)25-8-10-26(11-9-25)31(28,29)18-7-6-17(22)19(23)20(18)24/h3-7,12,14H,8-11,13H2,1-2H3. The van der Waals surface area contributed by atoms with Gasteiger partial charge in [-0.15, -0.1) is 0 Å². The summed E-state index contributed by atoms with van der Waals surface area (Å²) in [7, 11) is -4.37. The van der Waals surface area contributed by atoms with Crippen LogP contribution in [0.25, 0.3) is 0 Å². The van der Waals surface area contributed by atoms with Crippen LogP contribution in [-0.4, -0.2) is 56.3 Å². The highest BCUT2D eigenvalue weighted by Crippen LogP contribution is 2.24. The molecule has 1 saturated heterocycles. The topological polar surface area (TPSA) is 66.9 Å². The third kappa shape index (κ3) is 5.01. The van der Waals surface area contributed by atoms with Crippen LogP contribution in [0.5, 0.6) is 5.75 Å². The summed E-state index contributed by atoms with van der Waals surface area (Å²) < 4.78 is 72.5. The van der Waals surface area contributed by atoms with Gasteiger partial charge in [-0.2, -0.15) is 4.31 Å². The fourth-order valence-electron chi connectivity index (χ4n) is 3.14. The number of nitrogens with zero attached hydrogens (tertiary/aromatic N) is 2. The van der Waals surface area contributed by atoms with Gasteiger partial charge in [0.05, 0.1) is 6.61 Å². The second kappa shape index (κ2) is 9.27. The Bertz CT molecular complexity index is 1070. The molecule has 2 aromatic carbocycles. The molecule has 0 N–H and O–H groups in total. The van der Waals surface area contributed by atoms with Crippen molar-refractivity contribution in [2.24, 2.45) is 5.92 Å². The van der Waals surface area contributed by atoms with Crippen molar-refractivity contribution in [3.63, 3.8) is 0 Å². The number of carbonyl (C=O) groups is 1. The van der Waals surface area contributed by atoms with Crippen LogP contribution in [0.4, 0.5) is 13.2 Å². The number of halogens is 3. The van der Waals surface area contributed by atoms with Crippen LogP contribution in [0.2, 0.25) is 0 Å². The normalized spacial score (nSPS) is 15.4. The lowest BCUT2D eigenvalue weighted by molar-refractivity contribution is 0.0697. The molecule has 0 aromatic heterocycles. The first kappa shape index (κ1) is 23.1. The van der Waals surface area contributed by atoms with Gasteiger partial charge in [-0.05, 0) is 36.2 Å². The average Bonchev–Trinajstić information content (AvgIpc) is 2.75. The molecule has 31 heavy (non-hydrogen) atoms. The molecule has 1 heterocycles. The number of amides is 1. The largest absolute Gasteiger partial charge is 0.493 e. The van der Waals surface area contributed by atoms with Crippen LogP contribution in [-0.2, 0) is 10.0 Å². The third-order valence-electron chi connectivity index (χ3n) is 4.81.